The number of carbonyl (C=O) groups excluding carboxylic acids is 1. The van der Waals surface area contributed by atoms with Crippen LogP contribution in [0.2, 0.25) is 5.02 Å². The molecule has 2 heterocycles. The highest BCUT2D eigenvalue weighted by molar-refractivity contribution is 6.30. The molecule has 0 radical (unpaired) electrons. The molecule has 1 aliphatic rings. The molecule has 1 aromatic carbocycles. The van der Waals surface area contributed by atoms with Crippen LogP contribution in [0.15, 0.2) is 42.6 Å². The van der Waals surface area contributed by atoms with Crippen molar-refractivity contribution in [2.45, 2.75) is 13.5 Å². The molecule has 1 N–H and O–H groups in total. The van der Waals surface area contributed by atoms with E-state index in [0.29, 0.717) is 5.02 Å². The number of rotatable bonds is 4. The maximum atomic E-state index is 11.0. The first-order chi connectivity index (χ1) is 11.6. The van der Waals surface area contributed by atoms with Crippen molar-refractivity contribution in [3.05, 3.63) is 53.2 Å². The highest BCUT2D eigenvalue weighted by atomic mass is 35.5. The van der Waals surface area contributed by atoms with Crippen molar-refractivity contribution >= 4 is 29.0 Å². The van der Waals surface area contributed by atoms with E-state index in [2.05, 4.69) is 32.2 Å². The van der Waals surface area contributed by atoms with Crippen LogP contribution in [0.1, 0.15) is 12.5 Å². The van der Waals surface area contributed by atoms with Gasteiger partial charge in [-0.15, -0.1) is 0 Å². The van der Waals surface area contributed by atoms with Gasteiger partial charge >= 0.3 is 0 Å². The van der Waals surface area contributed by atoms with Gasteiger partial charge < -0.3 is 10.2 Å². The SMILES string of the molecule is CC(=O)Nc1ccc(CN2CCN(c3ccc(Cl)cn3)CC2)cc1. The Hall–Kier alpha value is -2.11. The number of nitrogens with zero attached hydrogens (tertiary/aromatic N) is 3. The van der Waals surface area contributed by atoms with Crippen LogP contribution in [0, 0.1) is 0 Å². The molecule has 1 aromatic heterocycles. The number of carbonyl (C=O) groups is 1. The van der Waals surface area contributed by atoms with Gasteiger partial charge in [0, 0.05) is 51.5 Å². The van der Waals surface area contributed by atoms with Gasteiger partial charge in [-0.05, 0) is 29.8 Å². The van der Waals surface area contributed by atoms with Crippen LogP contribution in [-0.4, -0.2) is 42.0 Å². The van der Waals surface area contributed by atoms with Crippen molar-refractivity contribution in [3.8, 4) is 0 Å². The van der Waals surface area contributed by atoms with E-state index >= 15 is 0 Å². The number of halogens is 1. The van der Waals surface area contributed by atoms with Crippen molar-refractivity contribution in [1.82, 2.24) is 9.88 Å². The minimum atomic E-state index is -0.0466. The summed E-state index contributed by atoms with van der Waals surface area (Å²) in [6, 6.07) is 11.9. The Labute approximate surface area is 147 Å². The molecule has 5 nitrogen and oxygen atoms in total. The minimum absolute atomic E-state index is 0.0466. The molecule has 0 saturated carbocycles. The van der Waals surface area contributed by atoms with E-state index in [1.165, 1.54) is 12.5 Å². The Bertz CT molecular complexity index is 679. The van der Waals surface area contributed by atoms with Crippen molar-refractivity contribution in [1.29, 1.82) is 0 Å². The summed E-state index contributed by atoms with van der Waals surface area (Å²) in [5, 5.41) is 3.45. The molecule has 0 spiro atoms. The molecular weight excluding hydrogens is 324 g/mol. The van der Waals surface area contributed by atoms with Gasteiger partial charge in [0.25, 0.3) is 0 Å². The number of piperazine rings is 1. The first-order valence-electron chi connectivity index (χ1n) is 8.05. The smallest absolute Gasteiger partial charge is 0.221 e. The second-order valence-electron chi connectivity index (χ2n) is 5.98. The predicted octanol–water partition coefficient (Wildman–Crippen LogP) is 3.02. The fourth-order valence-electron chi connectivity index (χ4n) is 2.85. The lowest BCUT2D eigenvalue weighted by molar-refractivity contribution is -0.114. The number of benzene rings is 1. The number of amides is 1. The molecule has 0 atom stereocenters. The van der Waals surface area contributed by atoms with E-state index in [0.717, 1.165) is 44.2 Å². The lowest BCUT2D eigenvalue weighted by atomic mass is 10.1. The monoisotopic (exact) mass is 344 g/mol. The molecule has 0 bridgehead atoms. The van der Waals surface area contributed by atoms with Crippen LogP contribution < -0.4 is 10.2 Å². The average molecular weight is 345 g/mol. The number of hydrogen-bond acceptors (Lipinski definition) is 4. The van der Waals surface area contributed by atoms with Gasteiger partial charge in [0.05, 0.1) is 5.02 Å². The Balaban J connectivity index is 1.51. The maximum absolute atomic E-state index is 11.0. The normalized spacial score (nSPS) is 15.3. The summed E-state index contributed by atoms with van der Waals surface area (Å²) in [4.78, 5) is 20.1. The zero-order valence-electron chi connectivity index (χ0n) is 13.7. The van der Waals surface area contributed by atoms with Gasteiger partial charge in [-0.3, -0.25) is 9.69 Å². The Morgan fingerprint density at radius 2 is 1.83 bits per heavy atom. The topological polar surface area (TPSA) is 48.5 Å². The predicted molar refractivity (Wildman–Crippen MR) is 97.5 cm³/mol. The van der Waals surface area contributed by atoms with Crippen LogP contribution in [-0.2, 0) is 11.3 Å². The first-order valence-corrected chi connectivity index (χ1v) is 8.43. The molecular formula is C18H21ClN4O. The highest BCUT2D eigenvalue weighted by Gasteiger charge is 2.18. The molecule has 6 heteroatoms. The Kier molecular flexibility index (Phi) is 5.33. The quantitative estimate of drug-likeness (QED) is 0.926. The van der Waals surface area contributed by atoms with Gasteiger partial charge in [-0.2, -0.15) is 0 Å². The van der Waals surface area contributed by atoms with Gasteiger partial charge in [-0.1, -0.05) is 23.7 Å². The van der Waals surface area contributed by atoms with Crippen molar-refractivity contribution in [2.24, 2.45) is 0 Å². The van der Waals surface area contributed by atoms with E-state index < -0.39 is 0 Å². The third-order valence-electron chi connectivity index (χ3n) is 4.09. The standard InChI is InChI=1S/C18H21ClN4O/c1-14(24)21-17-5-2-15(3-6-17)13-22-8-10-23(11-9-22)18-7-4-16(19)12-20-18/h2-7,12H,8-11,13H2,1H3,(H,21,24). The summed E-state index contributed by atoms with van der Waals surface area (Å²) in [7, 11) is 0. The lowest BCUT2D eigenvalue weighted by Gasteiger charge is -2.35. The summed E-state index contributed by atoms with van der Waals surface area (Å²) in [5.74, 6) is 0.938. The number of pyridine rings is 1. The summed E-state index contributed by atoms with van der Waals surface area (Å²) < 4.78 is 0. The summed E-state index contributed by atoms with van der Waals surface area (Å²) >= 11 is 5.89. The fraction of sp³-hybridized carbons (Fsp3) is 0.333. The summed E-state index contributed by atoms with van der Waals surface area (Å²) in [5.41, 5.74) is 2.09. The lowest BCUT2D eigenvalue weighted by Crippen LogP contribution is -2.46. The fourth-order valence-corrected chi connectivity index (χ4v) is 2.96. The molecule has 3 rings (SSSR count). The van der Waals surface area contributed by atoms with Gasteiger partial charge in [0.15, 0.2) is 0 Å². The van der Waals surface area contributed by atoms with Crippen LogP contribution in [0.4, 0.5) is 11.5 Å². The van der Waals surface area contributed by atoms with E-state index in [1.807, 2.05) is 24.3 Å². The molecule has 0 aliphatic carbocycles. The average Bonchev–Trinajstić information content (AvgIpc) is 2.58. The number of nitrogens with one attached hydrogen (secondary N) is 1. The number of anilines is 2. The van der Waals surface area contributed by atoms with Gasteiger partial charge in [0.2, 0.25) is 5.91 Å². The van der Waals surface area contributed by atoms with Crippen LogP contribution in [0.25, 0.3) is 0 Å². The van der Waals surface area contributed by atoms with Crippen molar-refractivity contribution in [2.75, 3.05) is 36.4 Å². The van der Waals surface area contributed by atoms with E-state index in [4.69, 9.17) is 11.6 Å². The third kappa shape index (κ3) is 4.46. The minimum Gasteiger partial charge on any atom is -0.354 e. The van der Waals surface area contributed by atoms with E-state index in [1.54, 1.807) is 6.20 Å². The second-order valence-corrected chi connectivity index (χ2v) is 6.41. The van der Waals surface area contributed by atoms with Gasteiger partial charge in [0.1, 0.15) is 5.82 Å². The highest BCUT2D eigenvalue weighted by Crippen LogP contribution is 2.17. The molecule has 1 saturated heterocycles. The Morgan fingerprint density at radius 3 is 2.42 bits per heavy atom. The summed E-state index contributed by atoms with van der Waals surface area (Å²) in [6.07, 6.45) is 1.69. The van der Waals surface area contributed by atoms with E-state index in [9.17, 15) is 4.79 Å². The summed E-state index contributed by atoms with van der Waals surface area (Å²) in [6.45, 7) is 6.35. The van der Waals surface area contributed by atoms with Gasteiger partial charge in [-0.25, -0.2) is 4.98 Å². The van der Waals surface area contributed by atoms with E-state index in [-0.39, 0.29) is 5.91 Å². The molecule has 1 amide bonds. The molecule has 1 fully saturated rings. The maximum Gasteiger partial charge on any atom is 0.221 e. The zero-order valence-corrected chi connectivity index (χ0v) is 14.5. The molecule has 24 heavy (non-hydrogen) atoms. The molecule has 126 valence electrons. The third-order valence-corrected chi connectivity index (χ3v) is 4.31. The number of hydrogen-bond donors (Lipinski definition) is 1. The zero-order chi connectivity index (χ0) is 16.9. The molecule has 0 unspecified atom stereocenters. The Morgan fingerprint density at radius 1 is 1.12 bits per heavy atom. The van der Waals surface area contributed by atoms with Crippen molar-refractivity contribution < 1.29 is 4.79 Å². The van der Waals surface area contributed by atoms with Crippen LogP contribution in [0.3, 0.4) is 0 Å². The number of aromatic nitrogens is 1. The van der Waals surface area contributed by atoms with Crippen LogP contribution >= 0.6 is 11.6 Å². The van der Waals surface area contributed by atoms with Crippen molar-refractivity contribution in [3.63, 3.8) is 0 Å². The first kappa shape index (κ1) is 16.7. The molecule has 1 aliphatic heterocycles. The molecule has 2 aromatic rings. The van der Waals surface area contributed by atoms with Crippen LogP contribution in [0.5, 0.6) is 0 Å². The largest absolute Gasteiger partial charge is 0.354 e. The second kappa shape index (κ2) is 7.64.